The smallest absolute Gasteiger partial charge is 0.182 e. The van der Waals surface area contributed by atoms with Crippen molar-refractivity contribution in [2.75, 3.05) is 13.2 Å². The van der Waals surface area contributed by atoms with E-state index in [-0.39, 0.29) is 16.3 Å². The third-order valence-corrected chi connectivity index (χ3v) is 5.35. The summed E-state index contributed by atoms with van der Waals surface area (Å²) in [5.74, 6) is -2.18. The Kier molecular flexibility index (Phi) is 9.30. The predicted molar refractivity (Wildman–Crippen MR) is 129 cm³/mol. The van der Waals surface area contributed by atoms with Gasteiger partial charge in [0.1, 0.15) is 17.5 Å². The molecule has 0 bridgehead atoms. The molecule has 1 fully saturated rings. The molecule has 0 aliphatic carbocycles. The van der Waals surface area contributed by atoms with Crippen LogP contribution in [0.1, 0.15) is 36.3 Å². The Bertz CT molecular complexity index is 1230. The first kappa shape index (κ1) is 25.5. The van der Waals surface area contributed by atoms with Gasteiger partial charge >= 0.3 is 0 Å². The SMILES string of the molecule is C1CCOCC1.Cc1ccccn1.Cc1nc2ncnc(-c3ccc(Cl)c(F)c3F)c2nc1C. The van der Waals surface area contributed by atoms with Gasteiger partial charge in [-0.1, -0.05) is 17.7 Å². The number of fused-ring (bicyclic) bond motifs is 1. The Labute approximate surface area is 202 Å². The fraction of sp³-hybridized carbons (Fsp3) is 0.320. The van der Waals surface area contributed by atoms with Crippen molar-refractivity contribution in [3.05, 3.63) is 76.6 Å². The van der Waals surface area contributed by atoms with Gasteiger partial charge in [0.15, 0.2) is 17.3 Å². The second-order valence-electron chi connectivity index (χ2n) is 7.66. The van der Waals surface area contributed by atoms with Crippen molar-refractivity contribution in [1.82, 2.24) is 24.9 Å². The zero-order chi connectivity index (χ0) is 24.5. The topological polar surface area (TPSA) is 73.7 Å². The molecule has 34 heavy (non-hydrogen) atoms. The molecule has 3 aromatic heterocycles. The van der Waals surface area contributed by atoms with Crippen molar-refractivity contribution in [3.8, 4) is 11.3 Å². The van der Waals surface area contributed by atoms with E-state index in [2.05, 4.69) is 24.9 Å². The maximum absolute atomic E-state index is 14.1. The highest BCUT2D eigenvalue weighted by Crippen LogP contribution is 2.30. The van der Waals surface area contributed by atoms with Gasteiger partial charge in [0, 0.05) is 30.7 Å². The highest BCUT2D eigenvalue weighted by Gasteiger charge is 2.18. The third kappa shape index (κ3) is 6.71. The van der Waals surface area contributed by atoms with E-state index in [0.29, 0.717) is 16.9 Å². The minimum Gasteiger partial charge on any atom is -0.381 e. The molecule has 6 nitrogen and oxygen atoms in total. The Morgan fingerprint density at radius 3 is 2.12 bits per heavy atom. The molecule has 178 valence electrons. The minimum absolute atomic E-state index is 0.0261. The number of benzene rings is 1. The van der Waals surface area contributed by atoms with E-state index in [1.807, 2.05) is 25.1 Å². The molecule has 1 aliphatic heterocycles. The fourth-order valence-corrected chi connectivity index (χ4v) is 3.23. The number of halogens is 3. The molecule has 1 aliphatic rings. The van der Waals surface area contributed by atoms with E-state index < -0.39 is 11.6 Å². The normalized spacial score (nSPS) is 12.9. The van der Waals surface area contributed by atoms with Crippen LogP contribution in [-0.2, 0) is 4.74 Å². The first-order valence-electron chi connectivity index (χ1n) is 10.9. The molecule has 9 heteroatoms. The van der Waals surface area contributed by atoms with E-state index in [0.717, 1.165) is 24.6 Å². The quantitative estimate of drug-likeness (QED) is 0.298. The fourth-order valence-electron chi connectivity index (χ4n) is 3.08. The molecule has 1 aromatic carbocycles. The van der Waals surface area contributed by atoms with Gasteiger partial charge in [-0.25, -0.2) is 28.7 Å². The molecule has 0 spiro atoms. The molecular formula is C25H26ClF2N5O. The van der Waals surface area contributed by atoms with Gasteiger partial charge in [0.05, 0.1) is 16.4 Å². The average Bonchev–Trinajstić information content (AvgIpc) is 2.86. The highest BCUT2D eigenvalue weighted by molar-refractivity contribution is 6.30. The summed E-state index contributed by atoms with van der Waals surface area (Å²) in [5, 5.41) is -0.285. The summed E-state index contributed by atoms with van der Waals surface area (Å²) in [5.41, 5.74) is 3.27. The first-order valence-corrected chi connectivity index (χ1v) is 11.3. The van der Waals surface area contributed by atoms with Crippen molar-refractivity contribution >= 4 is 22.8 Å². The van der Waals surface area contributed by atoms with E-state index in [9.17, 15) is 8.78 Å². The van der Waals surface area contributed by atoms with Crippen LogP contribution in [0.4, 0.5) is 8.78 Å². The van der Waals surface area contributed by atoms with Crippen LogP contribution >= 0.6 is 11.6 Å². The number of rotatable bonds is 1. The summed E-state index contributed by atoms with van der Waals surface area (Å²) in [7, 11) is 0. The van der Waals surface area contributed by atoms with Crippen LogP contribution in [-0.4, -0.2) is 38.1 Å². The standard InChI is InChI=1S/C14H9ClF2N4.C6H7N.C5H10O/c1-6-7(2)21-14-13(20-6)12(18-5-19-14)8-3-4-9(15)11(17)10(8)16;1-6-4-2-3-5-7-6;1-2-4-6-5-3-1/h3-5H,1-2H3;2-5H,1H3;1-5H2. The van der Waals surface area contributed by atoms with Gasteiger partial charge < -0.3 is 4.74 Å². The summed E-state index contributed by atoms with van der Waals surface area (Å²) >= 11 is 5.56. The summed E-state index contributed by atoms with van der Waals surface area (Å²) in [4.78, 5) is 20.6. The van der Waals surface area contributed by atoms with E-state index >= 15 is 0 Å². The second-order valence-corrected chi connectivity index (χ2v) is 8.06. The number of pyridine rings is 1. The van der Waals surface area contributed by atoms with Crippen LogP contribution in [0.25, 0.3) is 22.4 Å². The van der Waals surface area contributed by atoms with Crippen LogP contribution in [0.3, 0.4) is 0 Å². The number of hydrogen-bond donors (Lipinski definition) is 0. The molecule has 0 unspecified atom stereocenters. The summed E-state index contributed by atoms with van der Waals surface area (Å²) in [6, 6.07) is 8.49. The minimum atomic E-state index is -1.11. The van der Waals surface area contributed by atoms with Crippen molar-refractivity contribution < 1.29 is 13.5 Å². The summed E-state index contributed by atoms with van der Waals surface area (Å²) in [6.07, 6.45) is 6.96. The Morgan fingerprint density at radius 1 is 0.824 bits per heavy atom. The number of ether oxygens (including phenoxy) is 1. The van der Waals surface area contributed by atoms with Gasteiger partial charge in [-0.05, 0) is 64.3 Å². The largest absolute Gasteiger partial charge is 0.381 e. The van der Waals surface area contributed by atoms with Crippen LogP contribution in [0.15, 0.2) is 42.9 Å². The van der Waals surface area contributed by atoms with Gasteiger partial charge in [-0.2, -0.15) is 0 Å². The summed E-state index contributed by atoms with van der Waals surface area (Å²) < 4.78 is 32.8. The number of nitrogens with zero attached hydrogens (tertiary/aromatic N) is 5. The maximum atomic E-state index is 14.1. The van der Waals surface area contributed by atoms with Crippen LogP contribution < -0.4 is 0 Å². The lowest BCUT2D eigenvalue weighted by Crippen LogP contribution is -2.03. The van der Waals surface area contributed by atoms with Crippen molar-refractivity contribution in [2.45, 2.75) is 40.0 Å². The number of aromatic nitrogens is 5. The van der Waals surface area contributed by atoms with Crippen LogP contribution in [0.2, 0.25) is 5.02 Å². The Morgan fingerprint density at radius 2 is 1.56 bits per heavy atom. The molecule has 0 atom stereocenters. The molecule has 0 amide bonds. The van der Waals surface area contributed by atoms with Crippen LogP contribution in [0.5, 0.6) is 0 Å². The lowest BCUT2D eigenvalue weighted by atomic mass is 10.1. The monoisotopic (exact) mass is 485 g/mol. The lowest BCUT2D eigenvalue weighted by molar-refractivity contribution is 0.0968. The Hall–Kier alpha value is -3.10. The molecule has 4 heterocycles. The maximum Gasteiger partial charge on any atom is 0.182 e. The zero-order valence-electron chi connectivity index (χ0n) is 19.4. The van der Waals surface area contributed by atoms with Gasteiger partial charge in [-0.3, -0.25) is 4.98 Å². The summed E-state index contributed by atoms with van der Waals surface area (Å²) in [6.45, 7) is 7.55. The zero-order valence-corrected chi connectivity index (χ0v) is 20.1. The number of hydrogen-bond acceptors (Lipinski definition) is 6. The van der Waals surface area contributed by atoms with Gasteiger partial charge in [0.2, 0.25) is 0 Å². The van der Waals surface area contributed by atoms with Gasteiger partial charge in [-0.15, -0.1) is 0 Å². The lowest BCUT2D eigenvalue weighted by Gasteiger charge is -2.08. The molecule has 1 saturated heterocycles. The number of aryl methyl sites for hydroxylation is 3. The van der Waals surface area contributed by atoms with Crippen molar-refractivity contribution in [2.24, 2.45) is 0 Å². The predicted octanol–water partition coefficient (Wildman–Crippen LogP) is 6.21. The van der Waals surface area contributed by atoms with Gasteiger partial charge in [0.25, 0.3) is 0 Å². The van der Waals surface area contributed by atoms with Crippen molar-refractivity contribution in [1.29, 1.82) is 0 Å². The molecule has 4 aromatic rings. The first-order chi connectivity index (χ1) is 16.4. The highest BCUT2D eigenvalue weighted by atomic mass is 35.5. The average molecular weight is 486 g/mol. The Balaban J connectivity index is 0.000000202. The van der Waals surface area contributed by atoms with E-state index in [1.165, 1.54) is 37.7 Å². The van der Waals surface area contributed by atoms with E-state index in [4.69, 9.17) is 16.3 Å². The molecular weight excluding hydrogens is 460 g/mol. The molecule has 0 radical (unpaired) electrons. The molecule has 5 rings (SSSR count). The van der Waals surface area contributed by atoms with E-state index in [1.54, 1.807) is 20.0 Å². The second kappa shape index (κ2) is 12.4. The third-order valence-electron chi connectivity index (χ3n) is 5.06. The van der Waals surface area contributed by atoms with Crippen molar-refractivity contribution in [3.63, 3.8) is 0 Å². The molecule has 0 saturated carbocycles. The van der Waals surface area contributed by atoms with Crippen LogP contribution in [0, 0.1) is 32.4 Å². The molecule has 0 N–H and O–H groups in total.